The van der Waals surface area contributed by atoms with Crippen molar-refractivity contribution < 1.29 is 18.8 Å². The highest BCUT2D eigenvalue weighted by Crippen LogP contribution is 2.39. The van der Waals surface area contributed by atoms with E-state index in [1.54, 1.807) is 17.9 Å². The highest BCUT2D eigenvalue weighted by Gasteiger charge is 2.29. The summed E-state index contributed by atoms with van der Waals surface area (Å²) in [5, 5.41) is 8.60. The Labute approximate surface area is 178 Å². The molecule has 8 heteroatoms. The Morgan fingerprint density at radius 3 is 2.68 bits per heavy atom. The molecule has 2 heterocycles. The molecule has 0 aliphatic heterocycles. The summed E-state index contributed by atoms with van der Waals surface area (Å²) in [5.41, 5.74) is 2.78. The van der Waals surface area contributed by atoms with Crippen LogP contribution in [0.5, 0.6) is 5.75 Å². The van der Waals surface area contributed by atoms with Gasteiger partial charge in [-0.1, -0.05) is 35.5 Å². The van der Waals surface area contributed by atoms with Crippen LogP contribution in [0.25, 0.3) is 17.1 Å². The van der Waals surface area contributed by atoms with Gasteiger partial charge in [0.15, 0.2) is 12.3 Å². The van der Waals surface area contributed by atoms with Crippen LogP contribution in [0.1, 0.15) is 40.8 Å². The van der Waals surface area contributed by atoms with Crippen molar-refractivity contribution in [1.29, 1.82) is 0 Å². The summed E-state index contributed by atoms with van der Waals surface area (Å²) in [6.07, 6.45) is 2.18. The van der Waals surface area contributed by atoms with Gasteiger partial charge in [-0.05, 0) is 43.2 Å². The van der Waals surface area contributed by atoms with E-state index in [2.05, 4.69) is 15.2 Å². The van der Waals surface area contributed by atoms with Crippen molar-refractivity contribution in [2.45, 2.75) is 25.4 Å². The number of hydrogen-bond donors (Lipinski definition) is 0. The molecule has 4 aromatic rings. The number of nitrogens with zero attached hydrogens (tertiary/aromatic N) is 4. The van der Waals surface area contributed by atoms with Gasteiger partial charge >= 0.3 is 5.97 Å². The van der Waals surface area contributed by atoms with Crippen molar-refractivity contribution in [3.63, 3.8) is 0 Å². The molecule has 5 rings (SSSR count). The van der Waals surface area contributed by atoms with E-state index in [0.717, 1.165) is 24.2 Å². The SMILES string of the molecule is COc1ccccc1-c1noc(COC(=O)c2cc(C3CC3)nn2-c2ccccc2)n1. The molecule has 0 saturated heterocycles. The second kappa shape index (κ2) is 8.06. The zero-order valence-electron chi connectivity index (χ0n) is 16.9. The van der Waals surface area contributed by atoms with Crippen LogP contribution in [0.4, 0.5) is 0 Å². The van der Waals surface area contributed by atoms with Gasteiger partial charge in [-0.15, -0.1) is 0 Å². The zero-order valence-corrected chi connectivity index (χ0v) is 16.9. The number of hydrogen-bond acceptors (Lipinski definition) is 7. The number of ether oxygens (including phenoxy) is 2. The number of carbonyl (C=O) groups is 1. The maximum atomic E-state index is 12.9. The van der Waals surface area contributed by atoms with E-state index in [9.17, 15) is 4.79 Å². The minimum atomic E-state index is -0.500. The minimum Gasteiger partial charge on any atom is -0.496 e. The summed E-state index contributed by atoms with van der Waals surface area (Å²) in [5.74, 6) is 1.11. The molecule has 0 N–H and O–H groups in total. The van der Waals surface area contributed by atoms with Gasteiger partial charge in [0.25, 0.3) is 5.89 Å². The van der Waals surface area contributed by atoms with E-state index in [0.29, 0.717) is 28.7 Å². The lowest BCUT2D eigenvalue weighted by Gasteiger charge is -2.06. The average molecular weight is 416 g/mol. The summed E-state index contributed by atoms with van der Waals surface area (Å²) >= 11 is 0. The zero-order chi connectivity index (χ0) is 21.2. The van der Waals surface area contributed by atoms with Crippen LogP contribution >= 0.6 is 0 Å². The molecule has 31 heavy (non-hydrogen) atoms. The van der Waals surface area contributed by atoms with E-state index >= 15 is 0 Å². The molecule has 1 aliphatic rings. The van der Waals surface area contributed by atoms with Crippen LogP contribution in [0, 0.1) is 0 Å². The molecule has 1 fully saturated rings. The summed E-state index contributed by atoms with van der Waals surface area (Å²) < 4.78 is 17.7. The fourth-order valence-corrected chi connectivity index (χ4v) is 3.34. The lowest BCUT2D eigenvalue weighted by atomic mass is 10.2. The van der Waals surface area contributed by atoms with E-state index < -0.39 is 5.97 Å². The van der Waals surface area contributed by atoms with Crippen molar-refractivity contribution in [3.8, 4) is 22.8 Å². The number of aromatic nitrogens is 4. The van der Waals surface area contributed by atoms with Crippen LogP contribution in [0.15, 0.2) is 65.2 Å². The lowest BCUT2D eigenvalue weighted by Crippen LogP contribution is -2.12. The maximum absolute atomic E-state index is 12.9. The Hall–Kier alpha value is -3.94. The first-order valence-corrected chi connectivity index (χ1v) is 10.0. The Morgan fingerprint density at radius 1 is 1.13 bits per heavy atom. The van der Waals surface area contributed by atoms with Gasteiger partial charge in [0.2, 0.25) is 5.82 Å². The Kier molecular flexibility index (Phi) is 4.95. The van der Waals surface area contributed by atoms with Crippen LogP contribution in [-0.2, 0) is 11.3 Å². The molecule has 8 nitrogen and oxygen atoms in total. The molecule has 0 amide bonds. The second-order valence-corrected chi connectivity index (χ2v) is 7.26. The summed E-state index contributed by atoms with van der Waals surface area (Å²) in [4.78, 5) is 17.2. The van der Waals surface area contributed by atoms with Gasteiger partial charge in [0.1, 0.15) is 5.75 Å². The van der Waals surface area contributed by atoms with E-state index in [1.807, 2.05) is 54.6 Å². The molecule has 0 spiro atoms. The Morgan fingerprint density at radius 2 is 1.90 bits per heavy atom. The first kappa shape index (κ1) is 19.0. The predicted octanol–water partition coefficient (Wildman–Crippen LogP) is 4.17. The number of carbonyl (C=O) groups excluding carboxylic acids is 1. The van der Waals surface area contributed by atoms with Crippen molar-refractivity contribution in [2.24, 2.45) is 0 Å². The number of rotatable bonds is 7. The van der Waals surface area contributed by atoms with E-state index in [4.69, 9.17) is 14.0 Å². The minimum absolute atomic E-state index is 0.139. The molecule has 0 unspecified atom stereocenters. The quantitative estimate of drug-likeness (QED) is 0.418. The fraction of sp³-hybridized carbons (Fsp3) is 0.217. The first-order chi connectivity index (χ1) is 15.2. The monoisotopic (exact) mass is 416 g/mol. The van der Waals surface area contributed by atoms with Crippen molar-refractivity contribution in [3.05, 3.63) is 77.9 Å². The van der Waals surface area contributed by atoms with Gasteiger partial charge in [-0.3, -0.25) is 0 Å². The van der Waals surface area contributed by atoms with E-state index in [-0.39, 0.29) is 12.5 Å². The summed E-state index contributed by atoms with van der Waals surface area (Å²) in [6, 6.07) is 18.7. The molecule has 1 aliphatic carbocycles. The molecule has 156 valence electrons. The third-order valence-electron chi connectivity index (χ3n) is 5.08. The molecule has 2 aromatic carbocycles. The summed E-state index contributed by atoms with van der Waals surface area (Å²) in [6.45, 7) is -0.139. The number of methoxy groups -OCH3 is 1. The molecule has 2 aromatic heterocycles. The highest BCUT2D eigenvalue weighted by molar-refractivity contribution is 5.88. The van der Waals surface area contributed by atoms with Crippen LogP contribution < -0.4 is 4.74 Å². The second-order valence-electron chi connectivity index (χ2n) is 7.26. The molecule has 0 atom stereocenters. The first-order valence-electron chi connectivity index (χ1n) is 10.0. The van der Waals surface area contributed by atoms with Gasteiger partial charge < -0.3 is 14.0 Å². The largest absolute Gasteiger partial charge is 0.496 e. The molecule has 0 radical (unpaired) electrons. The predicted molar refractivity (Wildman–Crippen MR) is 111 cm³/mol. The standard InChI is InChI=1S/C23H20N4O4/c1-29-20-10-6-5-9-17(20)22-24-21(31-26-22)14-30-23(28)19-13-18(15-11-12-15)25-27(19)16-7-3-2-4-8-16/h2-10,13,15H,11-12,14H2,1H3. The fourth-order valence-electron chi connectivity index (χ4n) is 3.34. The van der Waals surface area contributed by atoms with Crippen LogP contribution in [-0.4, -0.2) is 33.0 Å². The topological polar surface area (TPSA) is 92.3 Å². The van der Waals surface area contributed by atoms with E-state index in [1.165, 1.54) is 0 Å². The molecular weight excluding hydrogens is 396 g/mol. The van der Waals surface area contributed by atoms with Crippen LogP contribution in [0.2, 0.25) is 0 Å². The highest BCUT2D eigenvalue weighted by atomic mass is 16.6. The Balaban J connectivity index is 1.34. The summed E-state index contributed by atoms with van der Waals surface area (Å²) in [7, 11) is 1.58. The van der Waals surface area contributed by atoms with Gasteiger partial charge in [-0.25, -0.2) is 9.48 Å². The molecule has 1 saturated carbocycles. The maximum Gasteiger partial charge on any atom is 0.357 e. The van der Waals surface area contributed by atoms with Crippen molar-refractivity contribution >= 4 is 5.97 Å². The van der Waals surface area contributed by atoms with Gasteiger partial charge in [-0.2, -0.15) is 10.1 Å². The smallest absolute Gasteiger partial charge is 0.357 e. The third-order valence-corrected chi connectivity index (χ3v) is 5.08. The molecule has 0 bridgehead atoms. The average Bonchev–Trinajstić information content (AvgIpc) is 3.39. The Bertz CT molecular complexity index is 1210. The van der Waals surface area contributed by atoms with Crippen LogP contribution in [0.3, 0.4) is 0 Å². The van der Waals surface area contributed by atoms with Gasteiger partial charge in [0.05, 0.1) is 24.1 Å². The number of esters is 1. The normalized spacial score (nSPS) is 13.2. The van der Waals surface area contributed by atoms with Gasteiger partial charge in [0, 0.05) is 5.92 Å². The van der Waals surface area contributed by atoms with Crippen molar-refractivity contribution in [1.82, 2.24) is 19.9 Å². The molecular formula is C23H20N4O4. The third kappa shape index (κ3) is 3.92. The lowest BCUT2D eigenvalue weighted by molar-refractivity contribution is 0.0419. The number of para-hydroxylation sites is 2. The number of benzene rings is 2. The van der Waals surface area contributed by atoms with Crippen molar-refractivity contribution in [2.75, 3.05) is 7.11 Å².